The van der Waals surface area contributed by atoms with E-state index < -0.39 is 0 Å². The zero-order valence-electron chi connectivity index (χ0n) is 12.1. The second kappa shape index (κ2) is 6.80. The third kappa shape index (κ3) is 3.34. The van der Waals surface area contributed by atoms with E-state index in [1.54, 1.807) is 7.11 Å². The molecular formula is C17H19BrO2. The zero-order chi connectivity index (χ0) is 14.5. The van der Waals surface area contributed by atoms with Crippen LogP contribution >= 0.6 is 15.9 Å². The lowest BCUT2D eigenvalue weighted by Gasteiger charge is -2.14. The molecule has 0 saturated heterocycles. The Morgan fingerprint density at radius 1 is 1.05 bits per heavy atom. The molecule has 2 rings (SSSR count). The number of ether oxygens (including phenoxy) is 2. The smallest absolute Gasteiger partial charge is 0.124 e. The highest BCUT2D eigenvalue weighted by Crippen LogP contribution is 2.27. The molecule has 3 heteroatoms. The van der Waals surface area contributed by atoms with Gasteiger partial charge in [0.1, 0.15) is 18.1 Å². The van der Waals surface area contributed by atoms with Crippen molar-refractivity contribution in [3.05, 3.63) is 58.7 Å². The maximum atomic E-state index is 5.99. The average Bonchev–Trinajstić information content (AvgIpc) is 2.46. The summed E-state index contributed by atoms with van der Waals surface area (Å²) in [5.41, 5.74) is 4.87. The van der Waals surface area contributed by atoms with Crippen molar-refractivity contribution in [3.63, 3.8) is 0 Å². The molecular weight excluding hydrogens is 316 g/mol. The molecule has 2 nitrogen and oxygen atoms in total. The van der Waals surface area contributed by atoms with Crippen molar-refractivity contribution >= 4 is 15.9 Å². The molecule has 0 heterocycles. The summed E-state index contributed by atoms with van der Waals surface area (Å²) in [6, 6.07) is 12.2. The first-order chi connectivity index (χ1) is 9.65. The molecule has 0 N–H and O–H groups in total. The summed E-state index contributed by atoms with van der Waals surface area (Å²) in [5.74, 6) is 1.74. The molecule has 0 aliphatic rings. The molecule has 0 unspecified atom stereocenters. The van der Waals surface area contributed by atoms with Crippen LogP contribution in [0.5, 0.6) is 11.5 Å². The summed E-state index contributed by atoms with van der Waals surface area (Å²) in [6.07, 6.45) is 0. The Bertz CT molecular complexity index is 573. The van der Waals surface area contributed by atoms with Crippen LogP contribution in [0.3, 0.4) is 0 Å². The number of hydrogen-bond donors (Lipinski definition) is 0. The largest absolute Gasteiger partial charge is 0.497 e. The first-order valence-corrected chi connectivity index (χ1v) is 7.68. The molecule has 0 bridgehead atoms. The number of aryl methyl sites for hydroxylation is 2. The van der Waals surface area contributed by atoms with Crippen LogP contribution in [0.2, 0.25) is 0 Å². The molecule has 0 aliphatic heterocycles. The Morgan fingerprint density at radius 3 is 2.35 bits per heavy atom. The van der Waals surface area contributed by atoms with E-state index >= 15 is 0 Å². The van der Waals surface area contributed by atoms with Gasteiger partial charge in [-0.25, -0.2) is 0 Å². The Kier molecular flexibility index (Phi) is 5.07. The Hall–Kier alpha value is -1.48. The third-order valence-corrected chi connectivity index (χ3v) is 4.03. The van der Waals surface area contributed by atoms with Crippen LogP contribution < -0.4 is 9.47 Å². The molecule has 0 fully saturated rings. The second-order valence-electron chi connectivity index (χ2n) is 4.77. The number of alkyl halides is 1. The minimum atomic E-state index is 0.588. The highest BCUT2D eigenvalue weighted by molar-refractivity contribution is 9.08. The van der Waals surface area contributed by atoms with E-state index in [1.165, 1.54) is 16.7 Å². The van der Waals surface area contributed by atoms with Crippen LogP contribution in [0, 0.1) is 13.8 Å². The van der Waals surface area contributed by atoms with Crippen molar-refractivity contribution in [3.8, 4) is 11.5 Å². The van der Waals surface area contributed by atoms with Gasteiger partial charge < -0.3 is 9.47 Å². The lowest BCUT2D eigenvalue weighted by atomic mass is 10.0. The molecule has 0 aromatic heterocycles. The first kappa shape index (κ1) is 14.9. The zero-order valence-corrected chi connectivity index (χ0v) is 13.7. The SMILES string of the molecule is COc1ccc(OCc2c(C)cccc2C)c(CBr)c1. The van der Waals surface area contributed by atoms with Gasteiger partial charge in [0.25, 0.3) is 0 Å². The molecule has 2 aromatic carbocycles. The van der Waals surface area contributed by atoms with Crippen LogP contribution in [0.4, 0.5) is 0 Å². The van der Waals surface area contributed by atoms with E-state index in [4.69, 9.17) is 9.47 Å². The summed E-state index contributed by atoms with van der Waals surface area (Å²) in [6.45, 7) is 4.82. The van der Waals surface area contributed by atoms with Crippen LogP contribution in [0.15, 0.2) is 36.4 Å². The van der Waals surface area contributed by atoms with E-state index in [2.05, 4.69) is 48.0 Å². The molecule has 0 radical (unpaired) electrons. The van der Waals surface area contributed by atoms with E-state index in [0.29, 0.717) is 6.61 Å². The highest BCUT2D eigenvalue weighted by atomic mass is 79.9. The Labute approximate surface area is 128 Å². The fourth-order valence-corrected chi connectivity index (χ4v) is 2.59. The molecule has 0 saturated carbocycles. The van der Waals surface area contributed by atoms with Crippen molar-refractivity contribution in [2.75, 3.05) is 7.11 Å². The summed E-state index contributed by atoms with van der Waals surface area (Å²) >= 11 is 3.49. The molecule has 20 heavy (non-hydrogen) atoms. The monoisotopic (exact) mass is 334 g/mol. The first-order valence-electron chi connectivity index (χ1n) is 6.56. The fraction of sp³-hybridized carbons (Fsp3) is 0.294. The summed E-state index contributed by atoms with van der Waals surface area (Å²) < 4.78 is 11.2. The maximum absolute atomic E-state index is 5.99. The standard InChI is InChI=1S/C17H19BrO2/c1-12-5-4-6-13(2)16(12)11-20-17-8-7-15(19-3)9-14(17)10-18/h4-9H,10-11H2,1-3H3. The van der Waals surface area contributed by atoms with Gasteiger partial charge in [-0.2, -0.15) is 0 Å². The average molecular weight is 335 g/mol. The molecule has 0 spiro atoms. The Morgan fingerprint density at radius 2 is 1.75 bits per heavy atom. The summed E-state index contributed by atoms with van der Waals surface area (Å²) in [5, 5.41) is 0.742. The summed E-state index contributed by atoms with van der Waals surface area (Å²) in [7, 11) is 1.67. The topological polar surface area (TPSA) is 18.5 Å². The number of halogens is 1. The van der Waals surface area contributed by atoms with Gasteiger partial charge in [0.15, 0.2) is 0 Å². The van der Waals surface area contributed by atoms with Gasteiger partial charge in [-0.1, -0.05) is 34.1 Å². The van der Waals surface area contributed by atoms with Crippen molar-refractivity contribution in [2.24, 2.45) is 0 Å². The molecule has 0 atom stereocenters. The van der Waals surface area contributed by atoms with Crippen LogP contribution in [0.1, 0.15) is 22.3 Å². The van der Waals surface area contributed by atoms with Gasteiger partial charge >= 0.3 is 0 Å². The molecule has 0 amide bonds. The third-order valence-electron chi connectivity index (χ3n) is 3.43. The lowest BCUT2D eigenvalue weighted by molar-refractivity contribution is 0.301. The van der Waals surface area contributed by atoms with E-state index in [1.807, 2.05) is 18.2 Å². The van der Waals surface area contributed by atoms with Crippen molar-refractivity contribution in [1.82, 2.24) is 0 Å². The van der Waals surface area contributed by atoms with E-state index in [-0.39, 0.29) is 0 Å². The fourth-order valence-electron chi connectivity index (χ4n) is 2.15. The van der Waals surface area contributed by atoms with Gasteiger partial charge in [-0.3, -0.25) is 0 Å². The van der Waals surface area contributed by atoms with Crippen LogP contribution in [-0.2, 0) is 11.9 Å². The van der Waals surface area contributed by atoms with E-state index in [0.717, 1.165) is 22.4 Å². The van der Waals surface area contributed by atoms with Crippen molar-refractivity contribution < 1.29 is 9.47 Å². The van der Waals surface area contributed by atoms with Gasteiger partial charge in [0, 0.05) is 10.9 Å². The number of hydrogen-bond acceptors (Lipinski definition) is 2. The predicted octanol–water partition coefficient (Wildman–Crippen LogP) is 4.79. The minimum absolute atomic E-state index is 0.588. The Balaban J connectivity index is 2.19. The second-order valence-corrected chi connectivity index (χ2v) is 5.33. The highest BCUT2D eigenvalue weighted by Gasteiger charge is 2.07. The number of methoxy groups -OCH3 is 1. The molecule has 2 aromatic rings. The lowest BCUT2D eigenvalue weighted by Crippen LogP contribution is -2.02. The predicted molar refractivity (Wildman–Crippen MR) is 85.9 cm³/mol. The van der Waals surface area contributed by atoms with Gasteiger partial charge in [-0.05, 0) is 48.7 Å². The molecule has 0 aliphatic carbocycles. The quantitative estimate of drug-likeness (QED) is 0.732. The normalized spacial score (nSPS) is 10.4. The maximum Gasteiger partial charge on any atom is 0.124 e. The number of rotatable bonds is 5. The van der Waals surface area contributed by atoms with Crippen molar-refractivity contribution in [2.45, 2.75) is 25.8 Å². The van der Waals surface area contributed by atoms with Crippen LogP contribution in [0.25, 0.3) is 0 Å². The van der Waals surface area contributed by atoms with Gasteiger partial charge in [-0.15, -0.1) is 0 Å². The van der Waals surface area contributed by atoms with Crippen molar-refractivity contribution in [1.29, 1.82) is 0 Å². The summed E-state index contributed by atoms with van der Waals surface area (Å²) in [4.78, 5) is 0. The minimum Gasteiger partial charge on any atom is -0.497 e. The van der Waals surface area contributed by atoms with Gasteiger partial charge in [0.05, 0.1) is 7.11 Å². The van der Waals surface area contributed by atoms with E-state index in [9.17, 15) is 0 Å². The van der Waals surface area contributed by atoms with Crippen LogP contribution in [-0.4, -0.2) is 7.11 Å². The molecule has 106 valence electrons. The number of benzene rings is 2. The van der Waals surface area contributed by atoms with Gasteiger partial charge in [0.2, 0.25) is 0 Å².